The molecule has 1 aromatic heterocycles. The lowest BCUT2D eigenvalue weighted by molar-refractivity contribution is -0.123. The van der Waals surface area contributed by atoms with E-state index < -0.39 is 57.0 Å². The Labute approximate surface area is 216 Å². The van der Waals surface area contributed by atoms with Crippen LogP contribution in [0.1, 0.15) is 12.5 Å². The summed E-state index contributed by atoms with van der Waals surface area (Å²) < 4.78 is 77.8. The molecule has 0 bridgehead atoms. The molecule has 1 heterocycles. The normalized spacial score (nSPS) is 13.1. The number of nitrogens with two attached hydrogens (primary N) is 1. The van der Waals surface area contributed by atoms with Gasteiger partial charge in [-0.25, -0.2) is 35.6 Å². The Morgan fingerprint density at radius 1 is 1.03 bits per heavy atom. The van der Waals surface area contributed by atoms with Crippen LogP contribution in [0.15, 0.2) is 79.4 Å². The molecule has 0 spiro atoms. The first-order valence-electron chi connectivity index (χ1n) is 11.1. The highest BCUT2D eigenvalue weighted by atomic mass is 32.2. The molecule has 0 fully saturated rings. The van der Waals surface area contributed by atoms with Crippen LogP contribution in [0.3, 0.4) is 0 Å². The highest BCUT2D eigenvalue weighted by Gasteiger charge is 2.47. The number of amides is 1. The number of benzene rings is 3. The first-order chi connectivity index (χ1) is 18.0. The number of carbonyl (C=O) groups excluding carboxylic acids is 1. The molecule has 1 unspecified atom stereocenters. The van der Waals surface area contributed by atoms with E-state index in [1.54, 1.807) is 30.3 Å². The molecular weight excluding hydrogens is 523 g/mol. The fourth-order valence-corrected chi connectivity index (χ4v) is 5.68. The predicted molar refractivity (Wildman–Crippen MR) is 132 cm³/mol. The lowest BCUT2D eigenvalue weighted by Gasteiger charge is -2.39. The Kier molecular flexibility index (Phi) is 7.39. The van der Waals surface area contributed by atoms with Gasteiger partial charge < -0.3 is 10.5 Å². The second-order valence-corrected chi connectivity index (χ2v) is 10.3. The number of hydrogen-bond acceptors (Lipinski definition) is 6. The minimum Gasteiger partial charge on any atom is -0.491 e. The molecule has 1 amide bonds. The lowest BCUT2D eigenvalue weighted by atomic mass is 10.0. The largest absolute Gasteiger partial charge is 0.491 e. The Balaban J connectivity index is 1.74. The van der Waals surface area contributed by atoms with E-state index in [-0.39, 0.29) is 5.75 Å². The molecule has 3 aromatic carbocycles. The van der Waals surface area contributed by atoms with Crippen molar-refractivity contribution >= 4 is 21.6 Å². The van der Waals surface area contributed by atoms with Gasteiger partial charge in [0.05, 0.1) is 17.1 Å². The first kappa shape index (κ1) is 26.7. The van der Waals surface area contributed by atoms with Gasteiger partial charge >= 0.3 is 0 Å². The fourth-order valence-electron chi connectivity index (χ4n) is 3.73. The van der Waals surface area contributed by atoms with Gasteiger partial charge in [0.2, 0.25) is 15.9 Å². The SMILES string of the molecule is CC(COc1ccc(-n2cncn2)cc1)(C(N)=O)N(c1ccc(F)c(F)c1F)S(=O)(=O)Cc1ccccc1. The van der Waals surface area contributed by atoms with Crippen molar-refractivity contribution in [2.45, 2.75) is 18.2 Å². The van der Waals surface area contributed by atoms with Gasteiger partial charge in [0.25, 0.3) is 0 Å². The van der Waals surface area contributed by atoms with Gasteiger partial charge in [-0.1, -0.05) is 30.3 Å². The minimum absolute atomic E-state index is 0.215. The van der Waals surface area contributed by atoms with Gasteiger partial charge in [-0.2, -0.15) is 5.10 Å². The molecule has 0 radical (unpaired) electrons. The number of aromatic nitrogens is 3. The van der Waals surface area contributed by atoms with E-state index in [0.717, 1.165) is 13.0 Å². The maximum absolute atomic E-state index is 15.0. The van der Waals surface area contributed by atoms with Crippen molar-refractivity contribution in [1.82, 2.24) is 14.8 Å². The summed E-state index contributed by atoms with van der Waals surface area (Å²) in [7, 11) is -4.62. The van der Waals surface area contributed by atoms with Crippen molar-refractivity contribution in [2.24, 2.45) is 5.73 Å². The Hall–Kier alpha value is -4.39. The molecule has 38 heavy (non-hydrogen) atoms. The molecule has 0 aliphatic rings. The molecular formula is C25H22F3N5O4S. The van der Waals surface area contributed by atoms with E-state index in [0.29, 0.717) is 21.6 Å². The molecule has 0 saturated carbocycles. The molecule has 0 aliphatic heterocycles. The van der Waals surface area contributed by atoms with Crippen LogP contribution in [-0.2, 0) is 20.6 Å². The molecule has 13 heteroatoms. The maximum atomic E-state index is 15.0. The van der Waals surface area contributed by atoms with E-state index in [9.17, 15) is 26.4 Å². The zero-order chi connectivity index (χ0) is 27.5. The predicted octanol–water partition coefficient (Wildman–Crippen LogP) is 3.34. The summed E-state index contributed by atoms with van der Waals surface area (Å²) in [5, 5.41) is 4.00. The summed E-state index contributed by atoms with van der Waals surface area (Å²) in [5.41, 5.74) is 3.42. The van der Waals surface area contributed by atoms with Crippen LogP contribution in [0.25, 0.3) is 5.69 Å². The van der Waals surface area contributed by atoms with Gasteiger partial charge in [0.1, 0.15) is 25.0 Å². The summed E-state index contributed by atoms with van der Waals surface area (Å²) in [6.07, 6.45) is 2.83. The van der Waals surface area contributed by atoms with Crippen LogP contribution in [0.2, 0.25) is 0 Å². The zero-order valence-electron chi connectivity index (χ0n) is 20.0. The van der Waals surface area contributed by atoms with Crippen LogP contribution in [0.4, 0.5) is 18.9 Å². The Morgan fingerprint density at radius 2 is 1.71 bits per heavy atom. The maximum Gasteiger partial charge on any atom is 0.247 e. The smallest absolute Gasteiger partial charge is 0.247 e. The third-order valence-corrected chi connectivity index (χ3v) is 7.58. The highest BCUT2D eigenvalue weighted by Crippen LogP contribution is 2.34. The molecule has 4 aromatic rings. The highest BCUT2D eigenvalue weighted by molar-refractivity contribution is 7.92. The number of primary amides is 1. The Bertz CT molecular complexity index is 1540. The van der Waals surface area contributed by atoms with E-state index in [1.165, 1.54) is 41.6 Å². The van der Waals surface area contributed by atoms with Crippen LogP contribution < -0.4 is 14.8 Å². The number of carbonyl (C=O) groups is 1. The average Bonchev–Trinajstić information content (AvgIpc) is 3.43. The number of halogens is 3. The minimum atomic E-state index is -4.62. The summed E-state index contributed by atoms with van der Waals surface area (Å²) in [4.78, 5) is 16.6. The van der Waals surface area contributed by atoms with E-state index in [4.69, 9.17) is 10.5 Å². The van der Waals surface area contributed by atoms with Crippen LogP contribution in [-0.4, -0.2) is 41.2 Å². The van der Waals surface area contributed by atoms with Crippen molar-refractivity contribution < 1.29 is 31.1 Å². The zero-order valence-corrected chi connectivity index (χ0v) is 20.8. The number of anilines is 1. The van der Waals surface area contributed by atoms with Crippen LogP contribution >= 0.6 is 0 Å². The molecule has 198 valence electrons. The van der Waals surface area contributed by atoms with E-state index in [2.05, 4.69) is 10.1 Å². The third kappa shape index (κ3) is 5.32. The van der Waals surface area contributed by atoms with Gasteiger partial charge in [-0.05, 0) is 48.9 Å². The molecule has 0 aliphatic carbocycles. The molecule has 2 N–H and O–H groups in total. The van der Waals surface area contributed by atoms with Crippen molar-refractivity contribution in [3.63, 3.8) is 0 Å². The van der Waals surface area contributed by atoms with Crippen LogP contribution in [0, 0.1) is 17.5 Å². The fraction of sp³-hybridized carbons (Fsp3) is 0.160. The van der Waals surface area contributed by atoms with Crippen molar-refractivity contribution in [2.75, 3.05) is 10.9 Å². The Morgan fingerprint density at radius 3 is 2.32 bits per heavy atom. The molecule has 1 atom stereocenters. The third-order valence-electron chi connectivity index (χ3n) is 5.72. The topological polar surface area (TPSA) is 120 Å². The summed E-state index contributed by atoms with van der Waals surface area (Å²) in [6, 6.07) is 15.5. The van der Waals surface area contributed by atoms with Gasteiger partial charge in [-0.3, -0.25) is 4.79 Å². The quantitative estimate of drug-likeness (QED) is 0.305. The summed E-state index contributed by atoms with van der Waals surface area (Å²) >= 11 is 0. The lowest BCUT2D eigenvalue weighted by Crippen LogP contribution is -2.62. The van der Waals surface area contributed by atoms with Crippen LogP contribution in [0.5, 0.6) is 5.75 Å². The molecule has 9 nitrogen and oxygen atoms in total. The van der Waals surface area contributed by atoms with Gasteiger partial charge in [0.15, 0.2) is 23.0 Å². The molecule has 4 rings (SSSR count). The van der Waals surface area contributed by atoms with Crippen molar-refractivity contribution in [1.29, 1.82) is 0 Å². The second kappa shape index (κ2) is 10.5. The monoisotopic (exact) mass is 545 g/mol. The number of hydrogen-bond donors (Lipinski definition) is 1. The van der Waals surface area contributed by atoms with Crippen molar-refractivity contribution in [3.05, 3.63) is 102 Å². The van der Waals surface area contributed by atoms with E-state index >= 15 is 0 Å². The molecule has 0 saturated heterocycles. The standard InChI is InChI=1S/C25H22F3N5O4S/c1-25(24(29)34,14-37-19-9-7-18(8-10-19)32-16-30-15-31-32)33(21-12-11-20(26)22(27)23(21)28)38(35,36)13-17-5-3-2-4-6-17/h2-12,15-16H,13-14H2,1H3,(H2,29,34). The van der Waals surface area contributed by atoms with E-state index in [1.807, 2.05) is 0 Å². The summed E-state index contributed by atoms with van der Waals surface area (Å²) in [6.45, 7) is 0.430. The number of ether oxygens (including phenoxy) is 1. The van der Waals surface area contributed by atoms with Gasteiger partial charge in [-0.15, -0.1) is 0 Å². The number of nitrogens with zero attached hydrogens (tertiary/aromatic N) is 4. The number of rotatable bonds is 10. The van der Waals surface area contributed by atoms with Gasteiger partial charge in [0, 0.05) is 0 Å². The summed E-state index contributed by atoms with van der Waals surface area (Å²) in [5.74, 6) is -6.92. The average molecular weight is 546 g/mol. The van der Waals surface area contributed by atoms with Crippen molar-refractivity contribution in [3.8, 4) is 11.4 Å². The second-order valence-electron chi connectivity index (χ2n) is 8.46. The first-order valence-corrected chi connectivity index (χ1v) is 12.7. The number of sulfonamides is 1.